The van der Waals surface area contributed by atoms with Gasteiger partial charge in [-0.2, -0.15) is 0 Å². The summed E-state index contributed by atoms with van der Waals surface area (Å²) in [5.74, 6) is 0.279. The van der Waals surface area contributed by atoms with Crippen LogP contribution in [0.25, 0.3) is 0 Å². The normalized spacial score (nSPS) is 22.3. The fraction of sp³-hybridized carbons (Fsp3) is 0.889. The molecule has 1 saturated carbocycles. The molecule has 12 heavy (non-hydrogen) atoms. The van der Waals surface area contributed by atoms with Crippen molar-refractivity contribution in [2.75, 3.05) is 0 Å². The van der Waals surface area contributed by atoms with Crippen molar-refractivity contribution in [3.05, 3.63) is 0 Å². The van der Waals surface area contributed by atoms with Crippen LogP contribution in [0.2, 0.25) is 0 Å². The van der Waals surface area contributed by atoms with Gasteiger partial charge in [-0.15, -0.1) is 0 Å². The fourth-order valence-corrected chi connectivity index (χ4v) is 1.94. The van der Waals surface area contributed by atoms with Gasteiger partial charge < -0.3 is 11.5 Å². The Morgan fingerprint density at radius 1 is 1.50 bits per heavy atom. The molecule has 1 unspecified atom stereocenters. The van der Waals surface area contributed by atoms with Crippen molar-refractivity contribution in [2.24, 2.45) is 22.8 Å². The Morgan fingerprint density at radius 3 is 2.25 bits per heavy atom. The molecule has 70 valence electrons. The molecule has 0 spiro atoms. The van der Waals surface area contributed by atoms with E-state index in [1.807, 2.05) is 0 Å². The number of hydrogen-bond donors (Lipinski definition) is 2. The Hall–Kier alpha value is -0.570. The number of primary amides is 1. The van der Waals surface area contributed by atoms with E-state index in [1.54, 1.807) is 0 Å². The standard InChI is InChI=1S/C9H18N2O/c1-6(2)9(3-4-9)7(10)5-8(11)12/h6-7H,3-5,10H2,1-2H3,(H2,11,12). The third kappa shape index (κ3) is 1.61. The molecule has 3 nitrogen and oxygen atoms in total. The summed E-state index contributed by atoms with van der Waals surface area (Å²) in [6, 6.07) is -0.0324. The average Bonchev–Trinajstić information content (AvgIpc) is 2.63. The molecule has 1 aliphatic carbocycles. The van der Waals surface area contributed by atoms with Gasteiger partial charge in [-0.3, -0.25) is 4.79 Å². The lowest BCUT2D eigenvalue weighted by atomic mass is 9.83. The van der Waals surface area contributed by atoms with E-state index in [0.717, 1.165) is 12.8 Å². The van der Waals surface area contributed by atoms with E-state index in [1.165, 1.54) is 0 Å². The van der Waals surface area contributed by atoms with E-state index in [2.05, 4.69) is 13.8 Å². The molecule has 1 rings (SSSR count). The number of nitrogens with two attached hydrogens (primary N) is 2. The van der Waals surface area contributed by atoms with Crippen molar-refractivity contribution in [3.63, 3.8) is 0 Å². The van der Waals surface area contributed by atoms with Crippen molar-refractivity contribution < 1.29 is 4.79 Å². The summed E-state index contributed by atoms with van der Waals surface area (Å²) in [4.78, 5) is 10.6. The quantitative estimate of drug-likeness (QED) is 0.649. The molecule has 0 radical (unpaired) electrons. The number of rotatable bonds is 4. The molecule has 1 atom stereocenters. The zero-order chi connectivity index (χ0) is 9.35. The first-order valence-electron chi connectivity index (χ1n) is 4.53. The lowest BCUT2D eigenvalue weighted by Gasteiger charge is -2.25. The predicted octanol–water partition coefficient (Wildman–Crippen LogP) is 0.625. The molecule has 0 aromatic heterocycles. The summed E-state index contributed by atoms with van der Waals surface area (Å²) in [7, 11) is 0. The number of carbonyl (C=O) groups excluding carboxylic acids is 1. The molecule has 0 saturated heterocycles. The van der Waals surface area contributed by atoms with Crippen LogP contribution < -0.4 is 11.5 Å². The fourth-order valence-electron chi connectivity index (χ4n) is 1.94. The molecular formula is C9H18N2O. The molecule has 0 aliphatic heterocycles. The predicted molar refractivity (Wildman–Crippen MR) is 48.3 cm³/mol. The largest absolute Gasteiger partial charge is 0.370 e. The second kappa shape index (κ2) is 3.05. The third-order valence-electron chi connectivity index (χ3n) is 3.14. The maximum atomic E-state index is 10.6. The van der Waals surface area contributed by atoms with E-state index in [9.17, 15) is 4.79 Å². The van der Waals surface area contributed by atoms with Gasteiger partial charge in [0.25, 0.3) is 0 Å². The van der Waals surface area contributed by atoms with Gasteiger partial charge in [0.2, 0.25) is 5.91 Å². The monoisotopic (exact) mass is 170 g/mol. The Morgan fingerprint density at radius 2 is 2.00 bits per heavy atom. The van der Waals surface area contributed by atoms with Gasteiger partial charge in [0, 0.05) is 12.5 Å². The average molecular weight is 170 g/mol. The van der Waals surface area contributed by atoms with Crippen LogP contribution in [0.3, 0.4) is 0 Å². The number of amides is 1. The van der Waals surface area contributed by atoms with Crippen molar-refractivity contribution in [2.45, 2.75) is 39.2 Å². The smallest absolute Gasteiger partial charge is 0.218 e. The second-order valence-corrected chi connectivity index (χ2v) is 4.16. The molecule has 0 aromatic rings. The lowest BCUT2D eigenvalue weighted by Crippen LogP contribution is -2.38. The highest BCUT2D eigenvalue weighted by atomic mass is 16.1. The van der Waals surface area contributed by atoms with Gasteiger partial charge in [0.1, 0.15) is 0 Å². The van der Waals surface area contributed by atoms with Gasteiger partial charge in [0.15, 0.2) is 0 Å². The summed E-state index contributed by atoms with van der Waals surface area (Å²) in [5.41, 5.74) is 11.2. The molecule has 0 bridgehead atoms. The number of hydrogen-bond acceptors (Lipinski definition) is 2. The topological polar surface area (TPSA) is 69.1 Å². The summed E-state index contributed by atoms with van der Waals surface area (Å²) in [6.45, 7) is 4.32. The molecular weight excluding hydrogens is 152 g/mol. The SMILES string of the molecule is CC(C)C1(C(N)CC(N)=O)CC1. The summed E-state index contributed by atoms with van der Waals surface area (Å²) in [6.07, 6.45) is 2.64. The highest BCUT2D eigenvalue weighted by Gasteiger charge is 2.50. The van der Waals surface area contributed by atoms with Crippen molar-refractivity contribution in [1.82, 2.24) is 0 Å². The minimum absolute atomic E-state index is 0.0324. The van der Waals surface area contributed by atoms with Crippen molar-refractivity contribution in [3.8, 4) is 0 Å². The maximum Gasteiger partial charge on any atom is 0.218 e. The van der Waals surface area contributed by atoms with Gasteiger partial charge >= 0.3 is 0 Å². The summed E-state index contributed by atoms with van der Waals surface area (Å²) in [5, 5.41) is 0. The van der Waals surface area contributed by atoms with Crippen LogP contribution in [0, 0.1) is 11.3 Å². The van der Waals surface area contributed by atoms with E-state index in [0.29, 0.717) is 12.3 Å². The van der Waals surface area contributed by atoms with E-state index >= 15 is 0 Å². The number of carbonyl (C=O) groups is 1. The highest BCUT2D eigenvalue weighted by molar-refractivity contribution is 5.74. The Balaban J connectivity index is 2.51. The van der Waals surface area contributed by atoms with Gasteiger partial charge in [0.05, 0.1) is 0 Å². The van der Waals surface area contributed by atoms with Gasteiger partial charge in [-0.05, 0) is 24.2 Å². The van der Waals surface area contributed by atoms with Crippen LogP contribution in [0.15, 0.2) is 0 Å². The Labute approximate surface area is 73.5 Å². The van der Waals surface area contributed by atoms with Crippen molar-refractivity contribution in [1.29, 1.82) is 0 Å². The summed E-state index contributed by atoms with van der Waals surface area (Å²) < 4.78 is 0. The van der Waals surface area contributed by atoms with Crippen LogP contribution >= 0.6 is 0 Å². The second-order valence-electron chi connectivity index (χ2n) is 4.16. The van der Waals surface area contributed by atoms with Gasteiger partial charge in [-0.1, -0.05) is 13.8 Å². The zero-order valence-electron chi connectivity index (χ0n) is 7.84. The molecule has 0 aromatic carbocycles. The first kappa shape index (κ1) is 9.52. The first-order valence-corrected chi connectivity index (χ1v) is 4.53. The van der Waals surface area contributed by atoms with E-state index in [4.69, 9.17) is 11.5 Å². The maximum absolute atomic E-state index is 10.6. The van der Waals surface area contributed by atoms with Crippen LogP contribution in [0.4, 0.5) is 0 Å². The summed E-state index contributed by atoms with van der Waals surface area (Å²) >= 11 is 0. The van der Waals surface area contributed by atoms with Gasteiger partial charge in [-0.25, -0.2) is 0 Å². The zero-order valence-corrected chi connectivity index (χ0v) is 7.84. The molecule has 0 heterocycles. The van der Waals surface area contributed by atoms with Crippen LogP contribution in [0.5, 0.6) is 0 Å². The highest BCUT2D eigenvalue weighted by Crippen LogP contribution is 2.54. The van der Waals surface area contributed by atoms with Crippen LogP contribution in [0.1, 0.15) is 33.1 Å². The molecule has 1 fully saturated rings. The van der Waals surface area contributed by atoms with E-state index < -0.39 is 0 Å². The molecule has 1 aliphatic rings. The minimum atomic E-state index is -0.283. The Kier molecular flexibility index (Phi) is 2.42. The Bertz CT molecular complexity index is 185. The third-order valence-corrected chi connectivity index (χ3v) is 3.14. The van der Waals surface area contributed by atoms with Crippen molar-refractivity contribution >= 4 is 5.91 Å². The van der Waals surface area contributed by atoms with E-state index in [-0.39, 0.29) is 17.4 Å². The molecule has 3 heteroatoms. The molecule has 1 amide bonds. The van der Waals surface area contributed by atoms with Crippen LogP contribution in [-0.4, -0.2) is 11.9 Å². The van der Waals surface area contributed by atoms with Crippen LogP contribution in [-0.2, 0) is 4.79 Å². The first-order chi connectivity index (χ1) is 5.49. The molecule has 4 N–H and O–H groups in total. The lowest BCUT2D eigenvalue weighted by molar-refractivity contribution is -0.118. The minimum Gasteiger partial charge on any atom is -0.370 e.